The molecule has 3 rings (SSSR count). The van der Waals surface area contributed by atoms with Gasteiger partial charge in [0.15, 0.2) is 6.10 Å². The maximum Gasteiger partial charge on any atom is 0.252 e. The third-order valence-corrected chi connectivity index (χ3v) is 3.51. The van der Waals surface area contributed by atoms with E-state index in [0.29, 0.717) is 6.61 Å². The van der Waals surface area contributed by atoms with Crippen LogP contribution in [0.5, 0.6) is 0 Å². The maximum atomic E-state index is 11.5. The molecule has 1 aromatic heterocycles. The number of carbonyl (C=O) groups is 1. The number of carbonyl (C=O) groups excluding carboxylic acids is 1. The van der Waals surface area contributed by atoms with Crippen LogP contribution in [0.2, 0.25) is 0 Å². The standard InChI is InChI=1S/C13H12N2O2S/c16-13-12(11(15-13)10-7-18-8-14-10)17-6-9-4-2-1-3-5-9/h1-5,7-8,11-12H,6H2,(H,15,16)/t11-,12+/m0/s1. The van der Waals surface area contributed by atoms with E-state index in [1.807, 2.05) is 35.7 Å². The van der Waals surface area contributed by atoms with E-state index in [0.717, 1.165) is 11.3 Å². The highest BCUT2D eigenvalue weighted by Crippen LogP contribution is 2.27. The molecule has 18 heavy (non-hydrogen) atoms. The minimum absolute atomic E-state index is 0.0658. The van der Waals surface area contributed by atoms with E-state index in [1.165, 1.54) is 11.3 Å². The number of hydrogen-bond donors (Lipinski definition) is 1. The lowest BCUT2D eigenvalue weighted by Gasteiger charge is -2.35. The highest BCUT2D eigenvalue weighted by Gasteiger charge is 2.42. The molecule has 1 aliphatic rings. The van der Waals surface area contributed by atoms with Gasteiger partial charge in [0.25, 0.3) is 5.91 Å². The Morgan fingerprint density at radius 3 is 2.83 bits per heavy atom. The number of β-lactam (4-membered cyclic amide) rings is 1. The van der Waals surface area contributed by atoms with Gasteiger partial charge >= 0.3 is 0 Å². The maximum absolute atomic E-state index is 11.5. The predicted molar refractivity (Wildman–Crippen MR) is 68.0 cm³/mol. The van der Waals surface area contributed by atoms with Gasteiger partial charge in [0.05, 0.1) is 17.8 Å². The number of nitrogens with zero attached hydrogens (tertiary/aromatic N) is 1. The van der Waals surface area contributed by atoms with Gasteiger partial charge in [-0.25, -0.2) is 4.98 Å². The van der Waals surface area contributed by atoms with E-state index in [9.17, 15) is 4.79 Å². The van der Waals surface area contributed by atoms with Crippen LogP contribution in [0, 0.1) is 0 Å². The molecular formula is C13H12N2O2S. The number of aromatic nitrogens is 1. The molecule has 1 aliphatic heterocycles. The third-order valence-electron chi connectivity index (χ3n) is 2.90. The van der Waals surface area contributed by atoms with Crippen molar-refractivity contribution in [3.63, 3.8) is 0 Å². The zero-order valence-electron chi connectivity index (χ0n) is 9.58. The molecule has 0 bridgehead atoms. The van der Waals surface area contributed by atoms with Gasteiger partial charge in [-0.3, -0.25) is 4.79 Å². The summed E-state index contributed by atoms with van der Waals surface area (Å²) in [7, 11) is 0. The van der Waals surface area contributed by atoms with Crippen molar-refractivity contribution >= 4 is 17.2 Å². The van der Waals surface area contributed by atoms with Crippen molar-refractivity contribution in [2.75, 3.05) is 0 Å². The Hall–Kier alpha value is -1.72. The minimum Gasteiger partial charge on any atom is -0.361 e. The number of rotatable bonds is 4. The van der Waals surface area contributed by atoms with Crippen molar-refractivity contribution in [3.05, 3.63) is 52.5 Å². The van der Waals surface area contributed by atoms with E-state index in [2.05, 4.69) is 10.3 Å². The normalized spacial score (nSPS) is 22.3. The highest BCUT2D eigenvalue weighted by atomic mass is 32.1. The van der Waals surface area contributed by atoms with E-state index in [-0.39, 0.29) is 11.9 Å². The summed E-state index contributed by atoms with van der Waals surface area (Å²) in [6, 6.07) is 9.72. The number of ether oxygens (including phenoxy) is 1. The molecule has 1 amide bonds. The molecule has 0 aliphatic carbocycles. The summed E-state index contributed by atoms with van der Waals surface area (Å²) in [5, 5.41) is 4.75. The zero-order valence-corrected chi connectivity index (χ0v) is 10.4. The van der Waals surface area contributed by atoms with Gasteiger partial charge in [-0.15, -0.1) is 11.3 Å². The second-order valence-electron chi connectivity index (χ2n) is 4.12. The molecule has 0 saturated carbocycles. The first-order valence-corrected chi connectivity index (χ1v) is 6.63. The van der Waals surface area contributed by atoms with E-state index < -0.39 is 6.10 Å². The first-order chi connectivity index (χ1) is 8.84. The van der Waals surface area contributed by atoms with Crippen LogP contribution in [0.4, 0.5) is 0 Å². The number of benzene rings is 1. The third kappa shape index (κ3) is 2.14. The Balaban J connectivity index is 1.63. The Kier molecular flexibility index (Phi) is 3.08. The Morgan fingerprint density at radius 1 is 1.33 bits per heavy atom. The summed E-state index contributed by atoms with van der Waals surface area (Å²) < 4.78 is 5.67. The first-order valence-electron chi connectivity index (χ1n) is 5.68. The lowest BCUT2D eigenvalue weighted by molar-refractivity contribution is -0.150. The molecule has 1 N–H and O–H groups in total. The van der Waals surface area contributed by atoms with Gasteiger partial charge < -0.3 is 10.1 Å². The quantitative estimate of drug-likeness (QED) is 0.854. The molecule has 0 radical (unpaired) electrons. The van der Waals surface area contributed by atoms with Gasteiger partial charge in [0, 0.05) is 5.38 Å². The first kappa shape index (κ1) is 11.4. The molecule has 0 unspecified atom stereocenters. The van der Waals surface area contributed by atoms with Gasteiger partial charge in [0.1, 0.15) is 6.04 Å². The number of amides is 1. The monoisotopic (exact) mass is 260 g/mol. The number of thiazole rings is 1. The van der Waals surface area contributed by atoms with Gasteiger partial charge in [0.2, 0.25) is 0 Å². The van der Waals surface area contributed by atoms with Crippen molar-refractivity contribution in [3.8, 4) is 0 Å². The van der Waals surface area contributed by atoms with E-state index in [4.69, 9.17) is 4.74 Å². The number of nitrogens with one attached hydrogen (secondary N) is 1. The van der Waals surface area contributed by atoms with Crippen molar-refractivity contribution in [1.29, 1.82) is 0 Å². The smallest absolute Gasteiger partial charge is 0.252 e. The summed E-state index contributed by atoms with van der Waals surface area (Å²) in [4.78, 5) is 15.7. The summed E-state index contributed by atoms with van der Waals surface area (Å²) in [5.41, 5.74) is 3.69. The van der Waals surface area contributed by atoms with E-state index >= 15 is 0 Å². The minimum atomic E-state index is -0.424. The number of hydrogen-bond acceptors (Lipinski definition) is 4. The van der Waals surface area contributed by atoms with Crippen LogP contribution < -0.4 is 5.32 Å². The average Bonchev–Trinajstić information content (AvgIpc) is 2.90. The second-order valence-corrected chi connectivity index (χ2v) is 4.84. The van der Waals surface area contributed by atoms with Crippen LogP contribution in [0.1, 0.15) is 17.3 Å². The summed E-state index contributed by atoms with van der Waals surface area (Å²) in [6.45, 7) is 0.444. The molecule has 1 fully saturated rings. The average molecular weight is 260 g/mol. The van der Waals surface area contributed by atoms with Crippen LogP contribution in [-0.4, -0.2) is 17.0 Å². The van der Waals surface area contributed by atoms with Crippen LogP contribution in [0.3, 0.4) is 0 Å². The molecule has 2 heterocycles. The molecule has 2 atom stereocenters. The summed E-state index contributed by atoms with van der Waals surface area (Å²) in [5.74, 6) is -0.0658. The Labute approximate surface area is 109 Å². The fourth-order valence-corrected chi connectivity index (χ4v) is 2.49. The highest BCUT2D eigenvalue weighted by molar-refractivity contribution is 7.07. The lowest BCUT2D eigenvalue weighted by atomic mass is 9.99. The molecular weight excluding hydrogens is 248 g/mol. The molecule has 5 heteroatoms. The fourth-order valence-electron chi connectivity index (χ4n) is 1.90. The molecule has 0 spiro atoms. The molecule has 1 aromatic carbocycles. The lowest BCUT2D eigenvalue weighted by Crippen LogP contribution is -2.57. The van der Waals surface area contributed by atoms with Gasteiger partial charge in [-0.1, -0.05) is 30.3 Å². The second kappa shape index (κ2) is 4.88. The molecule has 4 nitrogen and oxygen atoms in total. The summed E-state index contributed by atoms with van der Waals surface area (Å²) in [6.07, 6.45) is -0.424. The van der Waals surface area contributed by atoms with E-state index in [1.54, 1.807) is 5.51 Å². The van der Waals surface area contributed by atoms with Crippen LogP contribution >= 0.6 is 11.3 Å². The fraction of sp³-hybridized carbons (Fsp3) is 0.231. The van der Waals surface area contributed by atoms with Crippen LogP contribution in [-0.2, 0) is 16.1 Å². The Morgan fingerprint density at radius 2 is 2.17 bits per heavy atom. The van der Waals surface area contributed by atoms with Crippen LogP contribution in [0.15, 0.2) is 41.2 Å². The van der Waals surface area contributed by atoms with Gasteiger partial charge in [-0.2, -0.15) is 0 Å². The van der Waals surface area contributed by atoms with Crippen molar-refractivity contribution in [2.24, 2.45) is 0 Å². The SMILES string of the molecule is O=C1N[C@@H](c2cscn2)[C@H]1OCc1ccccc1. The van der Waals surface area contributed by atoms with Crippen LogP contribution in [0.25, 0.3) is 0 Å². The zero-order chi connectivity index (χ0) is 12.4. The Bertz CT molecular complexity index is 527. The largest absolute Gasteiger partial charge is 0.361 e. The molecule has 92 valence electrons. The molecule has 2 aromatic rings. The van der Waals surface area contributed by atoms with Crippen molar-refractivity contribution in [1.82, 2.24) is 10.3 Å². The van der Waals surface area contributed by atoms with Crippen molar-refractivity contribution < 1.29 is 9.53 Å². The predicted octanol–water partition coefficient (Wildman–Crippen LogP) is 1.90. The van der Waals surface area contributed by atoms with Crippen molar-refractivity contribution in [2.45, 2.75) is 18.8 Å². The topological polar surface area (TPSA) is 51.2 Å². The van der Waals surface area contributed by atoms with Gasteiger partial charge in [-0.05, 0) is 5.56 Å². The summed E-state index contributed by atoms with van der Waals surface area (Å²) >= 11 is 1.52. The molecule has 1 saturated heterocycles.